The maximum absolute atomic E-state index is 11.7. The van der Waals surface area contributed by atoms with E-state index in [4.69, 9.17) is 5.73 Å². The van der Waals surface area contributed by atoms with E-state index in [9.17, 15) is 9.59 Å². The van der Waals surface area contributed by atoms with Crippen molar-refractivity contribution in [3.63, 3.8) is 0 Å². The van der Waals surface area contributed by atoms with Crippen molar-refractivity contribution in [1.82, 2.24) is 10.6 Å². The van der Waals surface area contributed by atoms with E-state index in [1.165, 1.54) is 0 Å². The lowest BCUT2D eigenvalue weighted by Gasteiger charge is -2.26. The smallest absolute Gasteiger partial charge is 0.237 e. The summed E-state index contributed by atoms with van der Waals surface area (Å²) in [7, 11) is 0. The zero-order valence-corrected chi connectivity index (χ0v) is 11.3. The van der Waals surface area contributed by atoms with Crippen molar-refractivity contribution in [1.29, 1.82) is 0 Å². The Kier molecular flexibility index (Phi) is 6.80. The van der Waals surface area contributed by atoms with Crippen molar-refractivity contribution < 1.29 is 9.59 Å². The highest BCUT2D eigenvalue weighted by molar-refractivity contribution is 5.86. The van der Waals surface area contributed by atoms with Crippen LogP contribution in [0.3, 0.4) is 0 Å². The van der Waals surface area contributed by atoms with Crippen molar-refractivity contribution >= 4 is 11.8 Å². The first-order valence-corrected chi connectivity index (χ1v) is 6.16. The Balaban J connectivity index is 4.01. The molecule has 0 bridgehead atoms. The molecule has 0 aliphatic rings. The first-order valence-electron chi connectivity index (χ1n) is 6.16. The van der Waals surface area contributed by atoms with E-state index in [1.807, 2.05) is 0 Å². The van der Waals surface area contributed by atoms with Crippen molar-refractivity contribution in [3.05, 3.63) is 0 Å². The predicted octanol–water partition coefficient (Wildman–Crippen LogP) is 0.535. The second-order valence-corrected chi connectivity index (χ2v) is 4.85. The molecule has 1 atom stereocenters. The molecule has 100 valence electrons. The molecule has 0 aromatic rings. The lowest BCUT2D eigenvalue weighted by molar-refractivity contribution is -0.126. The maximum Gasteiger partial charge on any atom is 0.237 e. The van der Waals surface area contributed by atoms with Crippen LogP contribution in [0.25, 0.3) is 0 Å². The minimum Gasteiger partial charge on any atom is -0.368 e. The summed E-state index contributed by atoms with van der Waals surface area (Å²) in [6.45, 7) is 7.84. The van der Waals surface area contributed by atoms with E-state index in [-0.39, 0.29) is 5.91 Å². The molecule has 1 unspecified atom stereocenters. The van der Waals surface area contributed by atoms with Gasteiger partial charge < -0.3 is 11.1 Å². The molecule has 5 heteroatoms. The van der Waals surface area contributed by atoms with Crippen LogP contribution < -0.4 is 16.4 Å². The molecule has 0 radical (unpaired) electrons. The van der Waals surface area contributed by atoms with Crippen LogP contribution in [0.2, 0.25) is 0 Å². The Morgan fingerprint density at radius 3 is 2.35 bits per heavy atom. The van der Waals surface area contributed by atoms with Gasteiger partial charge in [0.15, 0.2) is 0 Å². The summed E-state index contributed by atoms with van der Waals surface area (Å²) in [5.74, 6) is -0.571. The molecule has 0 fully saturated rings. The number of nitrogens with two attached hydrogens (primary N) is 1. The molecular weight excluding hydrogens is 218 g/mol. The Morgan fingerprint density at radius 2 is 1.88 bits per heavy atom. The molecule has 0 aliphatic heterocycles. The molecule has 0 aromatic heterocycles. The van der Waals surface area contributed by atoms with Crippen molar-refractivity contribution in [3.8, 4) is 0 Å². The molecule has 0 heterocycles. The van der Waals surface area contributed by atoms with E-state index in [0.29, 0.717) is 6.54 Å². The van der Waals surface area contributed by atoms with Gasteiger partial charge in [-0.05, 0) is 27.2 Å². The van der Waals surface area contributed by atoms with Gasteiger partial charge in [0.25, 0.3) is 0 Å². The van der Waals surface area contributed by atoms with E-state index in [1.54, 1.807) is 20.8 Å². The van der Waals surface area contributed by atoms with Crippen LogP contribution in [0, 0.1) is 0 Å². The summed E-state index contributed by atoms with van der Waals surface area (Å²) in [6.07, 6.45) is 3.21. The van der Waals surface area contributed by atoms with Gasteiger partial charge in [-0.3, -0.25) is 14.9 Å². The normalized spacial score (nSPS) is 13.2. The van der Waals surface area contributed by atoms with E-state index in [2.05, 4.69) is 17.6 Å². The van der Waals surface area contributed by atoms with Crippen molar-refractivity contribution in [2.45, 2.75) is 58.5 Å². The van der Waals surface area contributed by atoms with Crippen LogP contribution in [0.5, 0.6) is 0 Å². The summed E-state index contributed by atoms with van der Waals surface area (Å²) in [5.41, 5.74) is 4.35. The van der Waals surface area contributed by atoms with Gasteiger partial charge in [0, 0.05) is 6.54 Å². The third-order valence-corrected chi connectivity index (χ3v) is 2.67. The largest absolute Gasteiger partial charge is 0.368 e. The summed E-state index contributed by atoms with van der Waals surface area (Å²) >= 11 is 0. The summed E-state index contributed by atoms with van der Waals surface area (Å²) < 4.78 is 0. The fraction of sp³-hybridized carbons (Fsp3) is 0.833. The molecule has 0 rings (SSSR count). The number of unbranched alkanes of at least 4 members (excludes halogenated alkanes) is 2. The Morgan fingerprint density at radius 1 is 1.29 bits per heavy atom. The van der Waals surface area contributed by atoms with Gasteiger partial charge in [0.1, 0.15) is 0 Å². The number of amides is 2. The molecule has 17 heavy (non-hydrogen) atoms. The van der Waals surface area contributed by atoms with Crippen LogP contribution >= 0.6 is 0 Å². The van der Waals surface area contributed by atoms with Crippen LogP contribution in [0.4, 0.5) is 0 Å². The summed E-state index contributed by atoms with van der Waals surface area (Å²) in [5, 5.41) is 5.73. The zero-order chi connectivity index (χ0) is 13.5. The van der Waals surface area contributed by atoms with Crippen LogP contribution in [-0.4, -0.2) is 29.9 Å². The van der Waals surface area contributed by atoms with Gasteiger partial charge in [-0.1, -0.05) is 19.8 Å². The highest BCUT2D eigenvalue weighted by Crippen LogP contribution is 2.02. The second-order valence-electron chi connectivity index (χ2n) is 4.85. The number of primary amides is 1. The zero-order valence-electron chi connectivity index (χ0n) is 11.3. The third-order valence-electron chi connectivity index (χ3n) is 2.67. The minimum absolute atomic E-state index is 0.101. The molecule has 2 amide bonds. The standard InChI is InChI=1S/C12H25N3O2/c1-5-6-7-8-14-10(16)9(2)15-12(3,4)11(13)17/h9,15H,5-8H2,1-4H3,(H2,13,17)(H,14,16). The van der Waals surface area contributed by atoms with Gasteiger partial charge >= 0.3 is 0 Å². The molecule has 0 saturated heterocycles. The van der Waals surface area contributed by atoms with Gasteiger partial charge in [-0.25, -0.2) is 0 Å². The predicted molar refractivity (Wildman–Crippen MR) is 68.4 cm³/mol. The fourth-order valence-corrected chi connectivity index (χ4v) is 1.42. The van der Waals surface area contributed by atoms with Gasteiger partial charge in [-0.15, -0.1) is 0 Å². The summed E-state index contributed by atoms with van der Waals surface area (Å²) in [6, 6.07) is -0.431. The summed E-state index contributed by atoms with van der Waals surface area (Å²) in [4.78, 5) is 22.8. The number of hydrogen-bond donors (Lipinski definition) is 3. The molecule has 0 aliphatic carbocycles. The van der Waals surface area contributed by atoms with E-state index >= 15 is 0 Å². The highest BCUT2D eigenvalue weighted by Gasteiger charge is 2.28. The Bertz CT molecular complexity index is 264. The molecule has 0 aromatic carbocycles. The molecule has 5 nitrogen and oxygen atoms in total. The highest BCUT2D eigenvalue weighted by atomic mass is 16.2. The SMILES string of the molecule is CCCCCNC(=O)C(C)NC(C)(C)C(N)=O. The number of carbonyl (C=O) groups excluding carboxylic acids is 2. The Hall–Kier alpha value is -1.10. The van der Waals surface area contributed by atoms with Crippen molar-refractivity contribution in [2.24, 2.45) is 5.73 Å². The average Bonchev–Trinajstić information content (AvgIpc) is 2.23. The quantitative estimate of drug-likeness (QED) is 0.544. The van der Waals surface area contributed by atoms with Crippen LogP contribution in [-0.2, 0) is 9.59 Å². The molecular formula is C12H25N3O2. The Labute approximate surface area is 104 Å². The fourth-order valence-electron chi connectivity index (χ4n) is 1.42. The van der Waals surface area contributed by atoms with Crippen LogP contribution in [0.1, 0.15) is 47.0 Å². The first kappa shape index (κ1) is 15.9. The number of rotatable bonds is 8. The van der Waals surface area contributed by atoms with E-state index < -0.39 is 17.5 Å². The first-order chi connectivity index (χ1) is 7.81. The molecule has 4 N–H and O–H groups in total. The van der Waals surface area contributed by atoms with Crippen LogP contribution in [0.15, 0.2) is 0 Å². The lowest BCUT2D eigenvalue weighted by Crippen LogP contribution is -2.57. The number of carbonyl (C=O) groups is 2. The molecule has 0 spiro atoms. The average molecular weight is 243 g/mol. The maximum atomic E-state index is 11.7. The van der Waals surface area contributed by atoms with Gasteiger partial charge in [0.2, 0.25) is 11.8 Å². The number of hydrogen-bond acceptors (Lipinski definition) is 3. The van der Waals surface area contributed by atoms with Gasteiger partial charge in [-0.2, -0.15) is 0 Å². The topological polar surface area (TPSA) is 84.2 Å². The third kappa shape index (κ3) is 6.26. The minimum atomic E-state index is -0.875. The van der Waals surface area contributed by atoms with E-state index in [0.717, 1.165) is 19.3 Å². The monoisotopic (exact) mass is 243 g/mol. The van der Waals surface area contributed by atoms with Gasteiger partial charge in [0.05, 0.1) is 11.6 Å². The lowest BCUT2D eigenvalue weighted by atomic mass is 10.0. The molecule has 0 saturated carbocycles. The number of nitrogens with one attached hydrogen (secondary N) is 2. The van der Waals surface area contributed by atoms with Crippen molar-refractivity contribution in [2.75, 3.05) is 6.54 Å². The second kappa shape index (κ2) is 7.27.